The van der Waals surface area contributed by atoms with Crippen LogP contribution < -0.4 is 10.1 Å². The fraction of sp³-hybridized carbons (Fsp3) is 0.714. The molecule has 0 amide bonds. The summed E-state index contributed by atoms with van der Waals surface area (Å²) < 4.78 is 5.88. The lowest BCUT2D eigenvalue weighted by Gasteiger charge is -2.21. The van der Waals surface area contributed by atoms with E-state index in [9.17, 15) is 0 Å². The normalized spacial score (nSPS) is 13.3. The van der Waals surface area contributed by atoms with Crippen LogP contribution in [0.5, 0.6) is 5.88 Å². The molecular formula is C14H25N3O. The molecule has 1 N–H and O–H groups in total. The van der Waals surface area contributed by atoms with Crippen molar-refractivity contribution in [1.82, 2.24) is 9.97 Å². The highest BCUT2D eigenvalue weighted by atomic mass is 16.5. The van der Waals surface area contributed by atoms with E-state index in [4.69, 9.17) is 4.74 Å². The smallest absolute Gasteiger partial charge is 0.222 e. The van der Waals surface area contributed by atoms with Gasteiger partial charge >= 0.3 is 0 Å². The number of nitrogens with one attached hydrogen (secondary N) is 1. The Kier molecular flexibility index (Phi) is 4.54. The van der Waals surface area contributed by atoms with Gasteiger partial charge in [-0.05, 0) is 20.3 Å². The second-order valence-corrected chi connectivity index (χ2v) is 5.66. The van der Waals surface area contributed by atoms with E-state index >= 15 is 0 Å². The maximum Gasteiger partial charge on any atom is 0.222 e. The summed E-state index contributed by atoms with van der Waals surface area (Å²) in [4.78, 5) is 9.12. The SMILES string of the molecule is CCC(C)Oc1nc(C(C)(C)C)nc(NC)c1C. The Morgan fingerprint density at radius 1 is 1.28 bits per heavy atom. The molecule has 0 saturated carbocycles. The second kappa shape index (κ2) is 5.55. The van der Waals surface area contributed by atoms with Gasteiger partial charge in [-0.1, -0.05) is 27.7 Å². The Hall–Kier alpha value is -1.32. The van der Waals surface area contributed by atoms with E-state index in [2.05, 4.69) is 49.9 Å². The van der Waals surface area contributed by atoms with Crippen molar-refractivity contribution in [3.63, 3.8) is 0 Å². The molecule has 1 rings (SSSR count). The molecule has 0 spiro atoms. The average molecular weight is 251 g/mol. The Balaban J connectivity index is 3.23. The van der Waals surface area contributed by atoms with Gasteiger partial charge in [-0.3, -0.25) is 0 Å². The highest BCUT2D eigenvalue weighted by molar-refractivity contribution is 5.48. The minimum Gasteiger partial charge on any atom is -0.474 e. The fourth-order valence-electron chi connectivity index (χ4n) is 1.46. The molecule has 102 valence electrons. The van der Waals surface area contributed by atoms with Crippen LogP contribution in [-0.2, 0) is 5.41 Å². The molecule has 0 saturated heterocycles. The molecule has 0 aliphatic rings. The third-order valence-electron chi connectivity index (χ3n) is 2.90. The number of hydrogen-bond donors (Lipinski definition) is 1. The summed E-state index contributed by atoms with van der Waals surface area (Å²) in [6.45, 7) is 12.4. The van der Waals surface area contributed by atoms with Gasteiger partial charge < -0.3 is 10.1 Å². The van der Waals surface area contributed by atoms with Crippen LogP contribution in [0.2, 0.25) is 0 Å². The van der Waals surface area contributed by atoms with Gasteiger partial charge in [0.2, 0.25) is 5.88 Å². The van der Waals surface area contributed by atoms with Crippen molar-refractivity contribution in [2.24, 2.45) is 0 Å². The number of rotatable bonds is 4. The molecule has 1 aromatic rings. The molecule has 4 heteroatoms. The fourth-order valence-corrected chi connectivity index (χ4v) is 1.46. The van der Waals surface area contributed by atoms with Crippen molar-refractivity contribution in [1.29, 1.82) is 0 Å². The van der Waals surface area contributed by atoms with Crippen LogP contribution in [0, 0.1) is 6.92 Å². The number of aromatic nitrogens is 2. The first-order valence-corrected chi connectivity index (χ1v) is 6.53. The highest BCUT2D eigenvalue weighted by Gasteiger charge is 2.22. The van der Waals surface area contributed by atoms with Crippen LogP contribution in [0.3, 0.4) is 0 Å². The maximum absolute atomic E-state index is 5.88. The molecule has 0 aliphatic heterocycles. The van der Waals surface area contributed by atoms with Crippen molar-refractivity contribution in [2.45, 2.75) is 59.5 Å². The van der Waals surface area contributed by atoms with Crippen molar-refractivity contribution in [3.05, 3.63) is 11.4 Å². The molecule has 1 atom stereocenters. The zero-order valence-corrected chi connectivity index (χ0v) is 12.6. The van der Waals surface area contributed by atoms with Crippen LogP contribution in [0.4, 0.5) is 5.82 Å². The third kappa shape index (κ3) is 3.34. The van der Waals surface area contributed by atoms with Crippen LogP contribution >= 0.6 is 0 Å². The molecule has 1 unspecified atom stereocenters. The molecule has 0 bridgehead atoms. The van der Waals surface area contributed by atoms with Gasteiger partial charge in [-0.15, -0.1) is 0 Å². The summed E-state index contributed by atoms with van der Waals surface area (Å²) in [5.74, 6) is 2.33. The summed E-state index contributed by atoms with van der Waals surface area (Å²) in [5, 5.41) is 3.11. The molecule has 18 heavy (non-hydrogen) atoms. The second-order valence-electron chi connectivity index (χ2n) is 5.66. The van der Waals surface area contributed by atoms with Crippen molar-refractivity contribution in [3.8, 4) is 5.88 Å². The first-order chi connectivity index (χ1) is 8.29. The lowest BCUT2D eigenvalue weighted by atomic mass is 9.95. The van der Waals surface area contributed by atoms with Crippen LogP contribution in [0.1, 0.15) is 52.4 Å². The zero-order valence-electron chi connectivity index (χ0n) is 12.6. The minimum absolute atomic E-state index is 0.0904. The number of hydrogen-bond acceptors (Lipinski definition) is 4. The average Bonchev–Trinajstić information content (AvgIpc) is 2.30. The topological polar surface area (TPSA) is 47.0 Å². The van der Waals surface area contributed by atoms with E-state index in [1.54, 1.807) is 0 Å². The summed E-state index contributed by atoms with van der Waals surface area (Å²) in [7, 11) is 1.87. The van der Waals surface area contributed by atoms with E-state index in [1.807, 2.05) is 14.0 Å². The first-order valence-electron chi connectivity index (χ1n) is 6.53. The molecule has 1 aromatic heterocycles. The highest BCUT2D eigenvalue weighted by Crippen LogP contribution is 2.28. The third-order valence-corrected chi connectivity index (χ3v) is 2.90. The first kappa shape index (κ1) is 14.7. The summed E-state index contributed by atoms with van der Waals surface area (Å²) in [6, 6.07) is 0. The van der Waals surface area contributed by atoms with Gasteiger partial charge in [-0.2, -0.15) is 4.98 Å². The molecule has 0 fully saturated rings. The van der Waals surface area contributed by atoms with E-state index in [-0.39, 0.29) is 11.5 Å². The van der Waals surface area contributed by atoms with Gasteiger partial charge in [0.05, 0.1) is 11.7 Å². The number of nitrogens with zero attached hydrogens (tertiary/aromatic N) is 2. The number of ether oxygens (including phenoxy) is 1. The van der Waals surface area contributed by atoms with Gasteiger partial charge in [0, 0.05) is 12.5 Å². The predicted octanol–water partition coefficient (Wildman–Crippen LogP) is 3.30. The van der Waals surface area contributed by atoms with Gasteiger partial charge in [0.15, 0.2) is 0 Å². The molecule has 0 aromatic carbocycles. The van der Waals surface area contributed by atoms with Crippen LogP contribution in [0.25, 0.3) is 0 Å². The number of anilines is 1. The maximum atomic E-state index is 5.88. The minimum atomic E-state index is -0.0904. The van der Waals surface area contributed by atoms with Crippen molar-refractivity contribution in [2.75, 3.05) is 12.4 Å². The van der Waals surface area contributed by atoms with Gasteiger partial charge in [-0.25, -0.2) is 4.98 Å². The lowest BCUT2D eigenvalue weighted by molar-refractivity contribution is 0.205. The Morgan fingerprint density at radius 3 is 2.33 bits per heavy atom. The standard InChI is InChI=1S/C14H25N3O/c1-8-9(2)18-12-10(3)11(15-7)16-13(17-12)14(4,5)6/h9H,8H2,1-7H3,(H,15,16,17). The van der Waals surface area contributed by atoms with Crippen LogP contribution in [-0.4, -0.2) is 23.1 Å². The summed E-state index contributed by atoms with van der Waals surface area (Å²) in [6.07, 6.45) is 1.12. The molecule has 0 radical (unpaired) electrons. The van der Waals surface area contributed by atoms with E-state index < -0.39 is 0 Å². The monoisotopic (exact) mass is 251 g/mol. The van der Waals surface area contributed by atoms with Crippen LogP contribution in [0.15, 0.2) is 0 Å². The summed E-state index contributed by atoms with van der Waals surface area (Å²) >= 11 is 0. The Bertz CT molecular complexity index is 410. The predicted molar refractivity (Wildman–Crippen MR) is 75.4 cm³/mol. The molecule has 0 aliphatic carbocycles. The zero-order chi connectivity index (χ0) is 13.9. The van der Waals surface area contributed by atoms with Gasteiger partial charge in [0.25, 0.3) is 0 Å². The molecule has 4 nitrogen and oxygen atoms in total. The van der Waals surface area contributed by atoms with E-state index in [0.29, 0.717) is 5.88 Å². The lowest BCUT2D eigenvalue weighted by Crippen LogP contribution is -2.20. The van der Waals surface area contributed by atoms with E-state index in [1.165, 1.54) is 0 Å². The largest absolute Gasteiger partial charge is 0.474 e. The van der Waals surface area contributed by atoms with Crippen molar-refractivity contribution < 1.29 is 4.74 Å². The molecule has 1 heterocycles. The Labute approximate surface area is 110 Å². The molecular weight excluding hydrogens is 226 g/mol. The Morgan fingerprint density at radius 2 is 1.89 bits per heavy atom. The quantitative estimate of drug-likeness (QED) is 0.892. The summed E-state index contributed by atoms with van der Waals surface area (Å²) in [5.41, 5.74) is 0.873. The van der Waals surface area contributed by atoms with Crippen molar-refractivity contribution >= 4 is 5.82 Å². The van der Waals surface area contributed by atoms with E-state index in [0.717, 1.165) is 23.6 Å². The van der Waals surface area contributed by atoms with Gasteiger partial charge in [0.1, 0.15) is 11.6 Å².